The second-order valence-corrected chi connectivity index (χ2v) is 3.34. The van der Waals surface area contributed by atoms with Crippen molar-refractivity contribution >= 4 is 47.4 Å². The molecule has 2 N–H and O–H groups in total. The summed E-state index contributed by atoms with van der Waals surface area (Å²) in [6.45, 7) is 5.26. The van der Waals surface area contributed by atoms with Crippen LogP contribution in [0.4, 0.5) is 0 Å². The van der Waals surface area contributed by atoms with Crippen molar-refractivity contribution in [2.24, 2.45) is 11.8 Å². The molecule has 0 aromatic rings. The van der Waals surface area contributed by atoms with Crippen LogP contribution in [0.2, 0.25) is 0 Å². The summed E-state index contributed by atoms with van der Waals surface area (Å²) in [5, 5.41) is 16.3. The van der Waals surface area contributed by atoms with Gasteiger partial charge < -0.3 is 10.2 Å². The van der Waals surface area contributed by atoms with Gasteiger partial charge in [-0.2, -0.15) is 0 Å². The van der Waals surface area contributed by atoms with Crippen LogP contribution in [-0.2, 0) is 19.2 Å². The third-order valence-electron chi connectivity index (χ3n) is 1.96. The predicted molar refractivity (Wildman–Crippen MR) is 63.5 cm³/mol. The van der Waals surface area contributed by atoms with Gasteiger partial charge in [0, 0.05) is 0 Å². The van der Waals surface area contributed by atoms with E-state index in [1.54, 1.807) is 0 Å². The molecule has 0 aromatic heterocycles. The van der Waals surface area contributed by atoms with Gasteiger partial charge in [-0.15, -0.1) is 0 Å². The first-order valence-corrected chi connectivity index (χ1v) is 4.57. The quantitative estimate of drug-likeness (QED) is 0.530. The Morgan fingerprint density at radius 3 is 0.941 bits per heavy atom. The summed E-state index contributed by atoms with van der Waals surface area (Å²) in [6.07, 6.45) is 0. The zero-order chi connectivity index (χ0) is 13.5. The Hall–Kier alpha value is -0.921. The number of ketones is 2. The number of hydrogen-bond acceptors (Lipinski definition) is 4. The molecule has 6 nitrogen and oxygen atoms in total. The average Bonchev–Trinajstić information content (AvgIpc) is 2.15. The van der Waals surface area contributed by atoms with Gasteiger partial charge in [-0.05, 0) is 27.7 Å². The van der Waals surface area contributed by atoms with Gasteiger partial charge >= 0.3 is 35.8 Å². The molecule has 0 heterocycles. The summed E-state index contributed by atoms with van der Waals surface area (Å²) in [5.41, 5.74) is 0. The van der Waals surface area contributed by atoms with Crippen LogP contribution in [0.1, 0.15) is 27.7 Å². The van der Waals surface area contributed by atoms with Crippen LogP contribution in [0.15, 0.2) is 0 Å². The van der Waals surface area contributed by atoms with Crippen molar-refractivity contribution < 1.29 is 29.4 Å². The van der Waals surface area contributed by atoms with E-state index in [4.69, 9.17) is 10.2 Å². The van der Waals surface area contributed by atoms with Gasteiger partial charge in [0.15, 0.2) is 0 Å². The van der Waals surface area contributed by atoms with Gasteiger partial charge in [-0.1, -0.05) is 0 Å². The Morgan fingerprint density at radius 2 is 0.941 bits per heavy atom. The molecular weight excluding hydrogens is 335 g/mol. The number of Topliss-reactive ketones (excluding diaryl/α,β-unsaturated/α-hetero) is 2. The van der Waals surface area contributed by atoms with Crippen molar-refractivity contribution in [2.45, 2.75) is 27.7 Å². The number of carbonyl (C=O) groups is 4. The second kappa shape index (κ2) is 10.2. The van der Waals surface area contributed by atoms with E-state index in [1.165, 1.54) is 27.7 Å². The van der Waals surface area contributed by atoms with Crippen LogP contribution in [0, 0.1) is 11.8 Å². The molecule has 0 bridgehead atoms. The molecule has 2 atom stereocenters. The fourth-order valence-corrected chi connectivity index (χ4v) is 0.348. The van der Waals surface area contributed by atoms with Gasteiger partial charge in [-0.3, -0.25) is 19.2 Å². The van der Waals surface area contributed by atoms with Crippen molar-refractivity contribution in [2.75, 3.05) is 0 Å². The third-order valence-corrected chi connectivity index (χ3v) is 1.96. The van der Waals surface area contributed by atoms with E-state index in [0.29, 0.717) is 0 Å². The Morgan fingerprint density at radius 1 is 0.765 bits per heavy atom. The van der Waals surface area contributed by atoms with E-state index in [1.807, 2.05) is 0 Å². The van der Waals surface area contributed by atoms with E-state index in [2.05, 4.69) is 0 Å². The summed E-state index contributed by atoms with van der Waals surface area (Å²) in [5.74, 6) is -4.44. The average molecular weight is 353 g/mol. The zero-order valence-corrected chi connectivity index (χ0v) is 14.4. The summed E-state index contributed by atoms with van der Waals surface area (Å²) in [6, 6.07) is 0. The zero-order valence-electron chi connectivity index (χ0n) is 10.4. The number of carboxylic acids is 2. The Kier molecular flexibility index (Phi) is 12.9. The normalized spacial score (nSPS) is 12.0. The second-order valence-electron chi connectivity index (χ2n) is 3.34. The number of rotatable bonds is 4. The number of aliphatic carboxylic acids is 2. The Labute approximate surface area is 116 Å². The molecule has 0 amide bonds. The minimum absolute atomic E-state index is 0. The maximum atomic E-state index is 10.2. The first-order valence-electron chi connectivity index (χ1n) is 4.57. The number of carboxylic acid groups (broad SMARTS) is 2. The van der Waals surface area contributed by atoms with E-state index < -0.39 is 23.8 Å². The molecule has 0 fully saturated rings. The fourth-order valence-electron chi connectivity index (χ4n) is 0.348. The summed E-state index contributed by atoms with van der Waals surface area (Å²) in [7, 11) is 0. The molecule has 0 saturated carbocycles. The van der Waals surface area contributed by atoms with Gasteiger partial charge in [0.1, 0.15) is 23.4 Å². The van der Waals surface area contributed by atoms with Gasteiger partial charge in [0.25, 0.3) is 0 Å². The molecule has 7 heteroatoms. The SMILES string of the molecule is CC(=O)C(C)C(=O)O.CC(=O)C(C)C(=O)O.[SnH2]. The summed E-state index contributed by atoms with van der Waals surface area (Å²) < 4.78 is 0. The molecule has 0 saturated heterocycles. The minimum atomic E-state index is -1.06. The Bertz CT molecular complexity index is 241. The van der Waals surface area contributed by atoms with Crippen LogP contribution in [0.3, 0.4) is 0 Å². The molecule has 98 valence electrons. The molecule has 0 aliphatic heterocycles. The van der Waals surface area contributed by atoms with Crippen molar-refractivity contribution in [3.8, 4) is 0 Å². The van der Waals surface area contributed by atoms with Crippen molar-refractivity contribution in [3.63, 3.8) is 0 Å². The van der Waals surface area contributed by atoms with Gasteiger partial charge in [-0.25, -0.2) is 0 Å². The van der Waals surface area contributed by atoms with Crippen LogP contribution < -0.4 is 0 Å². The van der Waals surface area contributed by atoms with E-state index in [0.717, 1.165) is 0 Å². The van der Waals surface area contributed by atoms with Crippen molar-refractivity contribution in [3.05, 3.63) is 0 Å². The number of carbonyl (C=O) groups excluding carboxylic acids is 2. The molecule has 2 radical (unpaired) electrons. The molecule has 0 aromatic carbocycles. The van der Waals surface area contributed by atoms with Crippen LogP contribution in [0.25, 0.3) is 0 Å². The first kappa shape index (κ1) is 21.4. The standard InChI is InChI=1S/2C5H8O3.Sn.2H/c2*1-3(4(2)6)5(7)8;;;/h2*3H,1-2H3,(H,7,8);;;. The van der Waals surface area contributed by atoms with Gasteiger partial charge in [0.2, 0.25) is 0 Å². The maximum absolute atomic E-state index is 10.2. The molecule has 0 aliphatic rings. The summed E-state index contributed by atoms with van der Waals surface area (Å²) in [4.78, 5) is 40.2. The van der Waals surface area contributed by atoms with Gasteiger partial charge in [0.05, 0.1) is 0 Å². The predicted octanol–water partition coefficient (Wildman–Crippen LogP) is -0.324. The fraction of sp³-hybridized carbons (Fsp3) is 0.600. The number of hydrogen-bond donors (Lipinski definition) is 2. The van der Waals surface area contributed by atoms with Crippen molar-refractivity contribution in [1.29, 1.82) is 0 Å². The summed E-state index contributed by atoms with van der Waals surface area (Å²) >= 11 is 0. The van der Waals surface area contributed by atoms with E-state index in [-0.39, 0.29) is 35.5 Å². The molecule has 0 spiro atoms. The molecule has 2 unspecified atom stereocenters. The Balaban J connectivity index is -0.000000218. The monoisotopic (exact) mass is 354 g/mol. The topological polar surface area (TPSA) is 109 Å². The van der Waals surface area contributed by atoms with E-state index >= 15 is 0 Å². The molecule has 17 heavy (non-hydrogen) atoms. The third kappa shape index (κ3) is 11.3. The van der Waals surface area contributed by atoms with E-state index in [9.17, 15) is 19.2 Å². The molecule has 0 aliphatic carbocycles. The molecule has 0 rings (SSSR count). The van der Waals surface area contributed by atoms with Crippen LogP contribution in [-0.4, -0.2) is 57.6 Å². The first-order chi connectivity index (χ1) is 7.11. The van der Waals surface area contributed by atoms with Crippen LogP contribution >= 0.6 is 0 Å². The van der Waals surface area contributed by atoms with Crippen molar-refractivity contribution in [1.82, 2.24) is 0 Å². The van der Waals surface area contributed by atoms with Crippen LogP contribution in [0.5, 0.6) is 0 Å². The molecular formula is C10H18O6Sn.